The smallest absolute Gasteiger partial charge is 0.263 e. The monoisotopic (exact) mass is 359 g/mol. The van der Waals surface area contributed by atoms with E-state index in [0.29, 0.717) is 17.0 Å². The predicted molar refractivity (Wildman–Crippen MR) is 107 cm³/mol. The lowest BCUT2D eigenvalue weighted by molar-refractivity contribution is 0.714. The molecule has 0 amide bonds. The average Bonchev–Trinajstić information content (AvgIpc) is 3.13. The van der Waals surface area contributed by atoms with Crippen molar-refractivity contribution >= 4 is 17.0 Å². The van der Waals surface area contributed by atoms with Gasteiger partial charge in [-0.2, -0.15) is 10.1 Å². The molecule has 1 unspecified atom stereocenters. The minimum Gasteiger partial charge on any atom is -0.339 e. The fraction of sp³-hybridized carbons (Fsp3) is 0.190. The van der Waals surface area contributed by atoms with Gasteiger partial charge in [-0.25, -0.2) is 4.68 Å². The third-order valence-corrected chi connectivity index (χ3v) is 4.90. The molecule has 1 N–H and O–H groups in total. The van der Waals surface area contributed by atoms with Crippen LogP contribution in [0.4, 0.5) is 5.95 Å². The summed E-state index contributed by atoms with van der Waals surface area (Å²) >= 11 is 0. The van der Waals surface area contributed by atoms with Crippen LogP contribution >= 0.6 is 0 Å². The number of aryl methyl sites for hydroxylation is 1. The number of aromatic nitrogens is 4. The van der Waals surface area contributed by atoms with Gasteiger partial charge in [0, 0.05) is 7.05 Å². The molecule has 0 radical (unpaired) electrons. The Balaban J connectivity index is 1.78. The van der Waals surface area contributed by atoms with Crippen molar-refractivity contribution in [2.75, 3.05) is 11.9 Å². The van der Waals surface area contributed by atoms with Gasteiger partial charge in [-0.05, 0) is 31.5 Å². The molecule has 2 aromatic carbocycles. The largest absolute Gasteiger partial charge is 0.339 e. The Bertz CT molecular complexity index is 1130. The van der Waals surface area contributed by atoms with Crippen LogP contribution in [-0.2, 0) is 0 Å². The molecule has 136 valence electrons. The van der Waals surface area contributed by atoms with Crippen molar-refractivity contribution in [2.45, 2.75) is 19.9 Å². The van der Waals surface area contributed by atoms with Crippen molar-refractivity contribution in [3.8, 4) is 5.69 Å². The molecule has 2 heterocycles. The normalized spacial score (nSPS) is 12.3. The van der Waals surface area contributed by atoms with Gasteiger partial charge in [0.2, 0.25) is 5.95 Å². The van der Waals surface area contributed by atoms with E-state index < -0.39 is 0 Å². The molecule has 0 aliphatic carbocycles. The Hall–Kier alpha value is -3.41. The van der Waals surface area contributed by atoms with Gasteiger partial charge in [-0.1, -0.05) is 48.0 Å². The van der Waals surface area contributed by atoms with Crippen LogP contribution in [0.5, 0.6) is 0 Å². The maximum absolute atomic E-state index is 12.6. The fourth-order valence-corrected chi connectivity index (χ4v) is 3.08. The Kier molecular flexibility index (Phi) is 4.24. The third-order valence-electron chi connectivity index (χ3n) is 4.90. The van der Waals surface area contributed by atoms with Crippen molar-refractivity contribution < 1.29 is 0 Å². The number of nitrogens with zero attached hydrogens (tertiary/aromatic N) is 4. The lowest BCUT2D eigenvalue weighted by Crippen LogP contribution is -2.26. The number of fused-ring (bicyclic) bond motifs is 1. The van der Waals surface area contributed by atoms with Crippen molar-refractivity contribution in [1.82, 2.24) is 19.7 Å². The molecular weight excluding hydrogens is 338 g/mol. The Morgan fingerprint density at radius 2 is 1.78 bits per heavy atom. The van der Waals surface area contributed by atoms with Gasteiger partial charge < -0.3 is 4.90 Å². The van der Waals surface area contributed by atoms with Gasteiger partial charge in [0.05, 0.1) is 17.9 Å². The van der Waals surface area contributed by atoms with Gasteiger partial charge in [0.1, 0.15) is 5.39 Å². The summed E-state index contributed by atoms with van der Waals surface area (Å²) in [5, 5.41) is 4.83. The molecule has 1 atom stereocenters. The molecule has 0 saturated carbocycles. The summed E-state index contributed by atoms with van der Waals surface area (Å²) in [4.78, 5) is 22.1. The molecule has 0 fully saturated rings. The van der Waals surface area contributed by atoms with E-state index in [0.717, 1.165) is 11.3 Å². The Morgan fingerprint density at radius 3 is 2.48 bits per heavy atom. The number of benzene rings is 2. The molecule has 0 saturated heterocycles. The number of para-hydroxylation sites is 1. The van der Waals surface area contributed by atoms with Crippen molar-refractivity contribution in [1.29, 1.82) is 0 Å². The first-order valence-corrected chi connectivity index (χ1v) is 8.87. The summed E-state index contributed by atoms with van der Waals surface area (Å²) in [6, 6.07) is 18.1. The maximum Gasteiger partial charge on any atom is 0.263 e. The van der Waals surface area contributed by atoms with Gasteiger partial charge >= 0.3 is 0 Å². The third kappa shape index (κ3) is 3.10. The van der Waals surface area contributed by atoms with E-state index in [1.165, 1.54) is 5.56 Å². The molecule has 2 aromatic heterocycles. The van der Waals surface area contributed by atoms with Crippen LogP contribution < -0.4 is 10.5 Å². The molecule has 4 rings (SSSR count). The highest BCUT2D eigenvalue weighted by Crippen LogP contribution is 2.23. The molecule has 0 bridgehead atoms. The summed E-state index contributed by atoms with van der Waals surface area (Å²) in [5.41, 5.74) is 3.59. The van der Waals surface area contributed by atoms with E-state index in [-0.39, 0.29) is 11.6 Å². The number of hydrogen-bond acceptors (Lipinski definition) is 4. The van der Waals surface area contributed by atoms with E-state index in [1.54, 1.807) is 10.9 Å². The Labute approximate surface area is 157 Å². The van der Waals surface area contributed by atoms with Crippen LogP contribution in [0.15, 0.2) is 65.6 Å². The highest BCUT2D eigenvalue weighted by molar-refractivity contribution is 5.76. The first-order chi connectivity index (χ1) is 13.0. The van der Waals surface area contributed by atoms with Crippen molar-refractivity contribution in [3.63, 3.8) is 0 Å². The summed E-state index contributed by atoms with van der Waals surface area (Å²) in [5.74, 6) is 0.512. The van der Waals surface area contributed by atoms with Crippen LogP contribution in [0.2, 0.25) is 0 Å². The van der Waals surface area contributed by atoms with E-state index >= 15 is 0 Å². The number of rotatable bonds is 4. The zero-order valence-corrected chi connectivity index (χ0v) is 15.5. The standard InChI is InChI=1S/C21H21N5O/c1-14-9-11-16(12-10-14)15(2)25(3)21-23-19-18(20(27)24-21)13-22-26(19)17-7-5-4-6-8-17/h4-13,15H,1-3H3,(H,23,24,27). The summed E-state index contributed by atoms with van der Waals surface area (Å²) in [6.07, 6.45) is 1.56. The summed E-state index contributed by atoms with van der Waals surface area (Å²) < 4.78 is 1.69. The number of hydrogen-bond donors (Lipinski definition) is 1. The molecule has 6 nitrogen and oxygen atoms in total. The van der Waals surface area contributed by atoms with Crippen LogP contribution in [0, 0.1) is 6.92 Å². The Morgan fingerprint density at radius 1 is 1.07 bits per heavy atom. The van der Waals surface area contributed by atoms with Crippen LogP contribution in [0.1, 0.15) is 24.1 Å². The predicted octanol–water partition coefficient (Wildman–Crippen LogP) is 3.61. The van der Waals surface area contributed by atoms with Crippen LogP contribution in [0.25, 0.3) is 16.7 Å². The molecule has 0 aliphatic rings. The average molecular weight is 359 g/mol. The van der Waals surface area contributed by atoms with Crippen LogP contribution in [-0.4, -0.2) is 26.8 Å². The van der Waals surface area contributed by atoms with Gasteiger partial charge in [0.15, 0.2) is 5.65 Å². The van der Waals surface area contributed by atoms with Gasteiger partial charge in [0.25, 0.3) is 5.56 Å². The van der Waals surface area contributed by atoms with Gasteiger partial charge in [-0.3, -0.25) is 9.78 Å². The summed E-state index contributed by atoms with van der Waals surface area (Å²) in [7, 11) is 1.93. The topological polar surface area (TPSA) is 66.8 Å². The second-order valence-corrected chi connectivity index (χ2v) is 6.72. The minimum atomic E-state index is -0.194. The number of nitrogens with one attached hydrogen (secondary N) is 1. The number of H-pyrrole nitrogens is 1. The van der Waals surface area contributed by atoms with E-state index in [1.807, 2.05) is 42.3 Å². The molecule has 0 spiro atoms. The molecular formula is C21H21N5O. The number of aromatic amines is 1. The second-order valence-electron chi connectivity index (χ2n) is 6.72. The number of anilines is 1. The van der Waals surface area contributed by atoms with Crippen LogP contribution in [0.3, 0.4) is 0 Å². The van der Waals surface area contributed by atoms with Crippen molar-refractivity contribution in [2.24, 2.45) is 0 Å². The molecule has 6 heteroatoms. The molecule has 0 aliphatic heterocycles. The zero-order valence-electron chi connectivity index (χ0n) is 15.5. The molecule has 4 aromatic rings. The SMILES string of the molecule is Cc1ccc(C(C)N(C)c2nc3c(cnn3-c3ccccc3)c(=O)[nH]2)cc1. The quantitative estimate of drug-likeness (QED) is 0.604. The zero-order chi connectivity index (χ0) is 19.0. The highest BCUT2D eigenvalue weighted by atomic mass is 16.1. The highest BCUT2D eigenvalue weighted by Gasteiger charge is 2.18. The van der Waals surface area contributed by atoms with Gasteiger partial charge in [-0.15, -0.1) is 0 Å². The molecule has 27 heavy (non-hydrogen) atoms. The lowest BCUT2D eigenvalue weighted by atomic mass is 10.1. The van der Waals surface area contributed by atoms with E-state index in [4.69, 9.17) is 4.98 Å². The second kappa shape index (κ2) is 6.72. The first kappa shape index (κ1) is 17.0. The fourth-order valence-electron chi connectivity index (χ4n) is 3.08. The van der Waals surface area contributed by atoms with E-state index in [2.05, 4.69) is 48.2 Å². The van der Waals surface area contributed by atoms with E-state index in [9.17, 15) is 4.79 Å². The minimum absolute atomic E-state index is 0.0549. The summed E-state index contributed by atoms with van der Waals surface area (Å²) in [6.45, 7) is 4.15. The maximum atomic E-state index is 12.6. The lowest BCUT2D eigenvalue weighted by Gasteiger charge is -2.25. The first-order valence-electron chi connectivity index (χ1n) is 8.87. The van der Waals surface area contributed by atoms with Crippen molar-refractivity contribution in [3.05, 3.63) is 82.3 Å².